The third-order valence-corrected chi connectivity index (χ3v) is 3.46. The fourth-order valence-corrected chi connectivity index (χ4v) is 2.11. The van der Waals surface area contributed by atoms with E-state index >= 15 is 0 Å². The Labute approximate surface area is 100 Å². The zero-order valence-electron chi connectivity index (χ0n) is 10.2. The van der Waals surface area contributed by atoms with Crippen LogP contribution in [0.5, 0.6) is 11.5 Å². The molecule has 0 aromatic heterocycles. The molecule has 0 heterocycles. The molecule has 1 saturated carbocycles. The van der Waals surface area contributed by atoms with Gasteiger partial charge in [-0.3, -0.25) is 4.79 Å². The van der Waals surface area contributed by atoms with E-state index < -0.39 is 11.4 Å². The molecule has 1 aliphatic rings. The van der Waals surface area contributed by atoms with Crippen molar-refractivity contribution in [1.82, 2.24) is 0 Å². The lowest BCUT2D eigenvalue weighted by Crippen LogP contribution is -2.19. The molecule has 0 bridgehead atoms. The van der Waals surface area contributed by atoms with Gasteiger partial charge < -0.3 is 14.6 Å². The van der Waals surface area contributed by atoms with Crippen molar-refractivity contribution >= 4 is 5.97 Å². The molecule has 1 aliphatic carbocycles. The maximum atomic E-state index is 11.3. The number of hydrogen-bond donors (Lipinski definition) is 1. The van der Waals surface area contributed by atoms with Gasteiger partial charge >= 0.3 is 5.97 Å². The van der Waals surface area contributed by atoms with E-state index in [1.54, 1.807) is 26.4 Å². The van der Waals surface area contributed by atoms with Crippen molar-refractivity contribution in [1.29, 1.82) is 0 Å². The van der Waals surface area contributed by atoms with Crippen LogP contribution in [0.2, 0.25) is 0 Å². The van der Waals surface area contributed by atoms with Crippen LogP contribution in [0.4, 0.5) is 0 Å². The molecule has 1 aromatic carbocycles. The van der Waals surface area contributed by atoms with Crippen LogP contribution in [0.25, 0.3) is 0 Å². The molecule has 17 heavy (non-hydrogen) atoms. The monoisotopic (exact) mass is 236 g/mol. The standard InChI is InChI=1S/C13H16O4/c1-8-10(16-2)6-9(7-11(8)17-3)13(4-5-13)12(14)15/h6-7H,4-5H2,1-3H3,(H,14,15). The first-order chi connectivity index (χ1) is 8.05. The summed E-state index contributed by atoms with van der Waals surface area (Å²) in [6, 6.07) is 3.61. The Morgan fingerprint density at radius 3 is 2.00 bits per heavy atom. The topological polar surface area (TPSA) is 55.8 Å². The van der Waals surface area contributed by atoms with Gasteiger partial charge in [0.1, 0.15) is 11.5 Å². The Hall–Kier alpha value is -1.71. The van der Waals surface area contributed by atoms with Gasteiger partial charge in [0.05, 0.1) is 19.6 Å². The molecule has 0 amide bonds. The lowest BCUT2D eigenvalue weighted by Gasteiger charge is -2.16. The molecule has 92 valence electrons. The second-order valence-corrected chi connectivity index (χ2v) is 4.39. The summed E-state index contributed by atoms with van der Waals surface area (Å²) in [4.78, 5) is 11.3. The third kappa shape index (κ3) is 1.73. The highest BCUT2D eigenvalue weighted by Gasteiger charge is 2.52. The van der Waals surface area contributed by atoms with Crippen molar-refractivity contribution in [2.75, 3.05) is 14.2 Å². The minimum Gasteiger partial charge on any atom is -0.496 e. The van der Waals surface area contributed by atoms with Crippen molar-refractivity contribution in [3.05, 3.63) is 23.3 Å². The summed E-state index contributed by atoms with van der Waals surface area (Å²) in [7, 11) is 3.15. The second-order valence-electron chi connectivity index (χ2n) is 4.39. The van der Waals surface area contributed by atoms with Crippen molar-refractivity contribution in [2.45, 2.75) is 25.2 Å². The predicted octanol–water partition coefficient (Wildman–Crippen LogP) is 2.13. The molecule has 4 heteroatoms. The van der Waals surface area contributed by atoms with Gasteiger partial charge in [-0.1, -0.05) is 0 Å². The fraction of sp³-hybridized carbons (Fsp3) is 0.462. The SMILES string of the molecule is COc1cc(C2(C(=O)O)CC2)cc(OC)c1C. The Bertz CT molecular complexity index is 435. The first kappa shape index (κ1) is 11.8. The minimum absolute atomic E-state index is 0.673. The molecule has 1 aromatic rings. The van der Waals surface area contributed by atoms with Gasteiger partial charge in [-0.05, 0) is 37.5 Å². The highest BCUT2D eigenvalue weighted by atomic mass is 16.5. The third-order valence-electron chi connectivity index (χ3n) is 3.46. The molecule has 1 N–H and O–H groups in total. The maximum absolute atomic E-state index is 11.3. The molecule has 0 saturated heterocycles. The largest absolute Gasteiger partial charge is 0.496 e. The van der Waals surface area contributed by atoms with Gasteiger partial charge in [0, 0.05) is 5.56 Å². The van der Waals surface area contributed by atoms with Gasteiger partial charge in [0.2, 0.25) is 0 Å². The van der Waals surface area contributed by atoms with Crippen molar-refractivity contribution < 1.29 is 19.4 Å². The number of hydrogen-bond acceptors (Lipinski definition) is 3. The zero-order valence-corrected chi connectivity index (χ0v) is 10.2. The van der Waals surface area contributed by atoms with E-state index in [0.717, 1.165) is 11.1 Å². The Balaban J connectivity index is 2.53. The second kappa shape index (κ2) is 3.95. The van der Waals surface area contributed by atoms with Crippen molar-refractivity contribution in [3.8, 4) is 11.5 Å². The van der Waals surface area contributed by atoms with Gasteiger partial charge in [0.15, 0.2) is 0 Å². The molecule has 0 atom stereocenters. The number of rotatable bonds is 4. The van der Waals surface area contributed by atoms with Crippen LogP contribution in [-0.4, -0.2) is 25.3 Å². The Morgan fingerprint density at radius 2 is 1.71 bits per heavy atom. The van der Waals surface area contributed by atoms with Gasteiger partial charge in [0.25, 0.3) is 0 Å². The van der Waals surface area contributed by atoms with Crippen molar-refractivity contribution in [2.24, 2.45) is 0 Å². The van der Waals surface area contributed by atoms with Gasteiger partial charge in [-0.2, -0.15) is 0 Å². The lowest BCUT2D eigenvalue weighted by molar-refractivity contribution is -0.140. The van der Waals surface area contributed by atoms with E-state index in [0.29, 0.717) is 24.3 Å². The summed E-state index contributed by atoms with van der Waals surface area (Å²) < 4.78 is 10.5. The van der Waals surface area contributed by atoms with Crippen LogP contribution in [0.1, 0.15) is 24.0 Å². The van der Waals surface area contributed by atoms with Crippen LogP contribution in [0, 0.1) is 6.92 Å². The van der Waals surface area contributed by atoms with E-state index in [-0.39, 0.29) is 0 Å². The average Bonchev–Trinajstić information content (AvgIpc) is 3.10. The first-order valence-corrected chi connectivity index (χ1v) is 5.51. The van der Waals surface area contributed by atoms with Crippen LogP contribution in [0.3, 0.4) is 0 Å². The van der Waals surface area contributed by atoms with E-state index in [2.05, 4.69) is 0 Å². The van der Waals surface area contributed by atoms with Crippen LogP contribution in [-0.2, 0) is 10.2 Å². The minimum atomic E-state index is -0.773. The van der Waals surface area contributed by atoms with Crippen LogP contribution in [0.15, 0.2) is 12.1 Å². The van der Waals surface area contributed by atoms with Gasteiger partial charge in [-0.15, -0.1) is 0 Å². The maximum Gasteiger partial charge on any atom is 0.314 e. The summed E-state index contributed by atoms with van der Waals surface area (Å²) in [5.74, 6) is 0.573. The predicted molar refractivity (Wildman–Crippen MR) is 62.8 cm³/mol. The molecule has 0 radical (unpaired) electrons. The Morgan fingerprint density at radius 1 is 1.24 bits per heavy atom. The van der Waals surface area contributed by atoms with Crippen molar-refractivity contribution in [3.63, 3.8) is 0 Å². The summed E-state index contributed by atoms with van der Waals surface area (Å²) in [6.45, 7) is 1.89. The van der Waals surface area contributed by atoms with E-state index in [1.807, 2.05) is 6.92 Å². The number of benzene rings is 1. The number of carboxylic acid groups (broad SMARTS) is 1. The number of aliphatic carboxylic acids is 1. The lowest BCUT2D eigenvalue weighted by atomic mass is 9.94. The number of carboxylic acids is 1. The number of methoxy groups -OCH3 is 2. The zero-order chi connectivity index (χ0) is 12.6. The smallest absolute Gasteiger partial charge is 0.314 e. The average molecular weight is 236 g/mol. The molecular weight excluding hydrogens is 220 g/mol. The van der Waals surface area contributed by atoms with Crippen LogP contribution < -0.4 is 9.47 Å². The number of ether oxygens (including phenoxy) is 2. The van der Waals surface area contributed by atoms with Gasteiger partial charge in [-0.25, -0.2) is 0 Å². The summed E-state index contributed by atoms with van der Waals surface area (Å²) in [5, 5.41) is 9.27. The molecule has 0 aliphatic heterocycles. The number of carbonyl (C=O) groups is 1. The van der Waals surface area contributed by atoms with Crippen LogP contribution >= 0.6 is 0 Å². The normalized spacial score (nSPS) is 16.4. The van der Waals surface area contributed by atoms with E-state index in [4.69, 9.17) is 9.47 Å². The highest BCUT2D eigenvalue weighted by Crippen LogP contribution is 2.50. The molecule has 4 nitrogen and oxygen atoms in total. The van der Waals surface area contributed by atoms with E-state index in [9.17, 15) is 9.90 Å². The fourth-order valence-electron chi connectivity index (χ4n) is 2.11. The first-order valence-electron chi connectivity index (χ1n) is 5.51. The molecule has 0 unspecified atom stereocenters. The summed E-state index contributed by atoms with van der Waals surface area (Å²) in [5.41, 5.74) is 0.929. The highest BCUT2D eigenvalue weighted by molar-refractivity contribution is 5.85. The summed E-state index contributed by atoms with van der Waals surface area (Å²) >= 11 is 0. The molecule has 2 rings (SSSR count). The molecular formula is C13H16O4. The van der Waals surface area contributed by atoms with E-state index in [1.165, 1.54) is 0 Å². The molecule has 0 spiro atoms. The quantitative estimate of drug-likeness (QED) is 0.870. The molecule has 1 fully saturated rings. The Kier molecular flexibility index (Phi) is 2.73. The summed E-state index contributed by atoms with van der Waals surface area (Å²) in [6.07, 6.45) is 1.36.